The van der Waals surface area contributed by atoms with Gasteiger partial charge in [0.2, 0.25) is 0 Å². The number of benzene rings is 1. The molecule has 2 nitrogen and oxygen atoms in total. The first-order valence-electron chi connectivity index (χ1n) is 4.06. The summed E-state index contributed by atoms with van der Waals surface area (Å²) in [6.45, 7) is 3.93. The molecule has 70 valence electrons. The SMILES string of the molecule is Cc1cc(Br)c(C)c(C(=O)CN)c1. The van der Waals surface area contributed by atoms with Crippen molar-refractivity contribution in [3.05, 3.63) is 33.3 Å². The average Bonchev–Trinajstić information content (AvgIpc) is 2.10. The van der Waals surface area contributed by atoms with E-state index in [0.29, 0.717) is 0 Å². The minimum absolute atomic E-state index is 0.0121. The van der Waals surface area contributed by atoms with Crippen molar-refractivity contribution in [1.29, 1.82) is 0 Å². The average molecular weight is 242 g/mol. The molecule has 0 radical (unpaired) electrons. The Hall–Kier alpha value is -0.670. The molecule has 0 atom stereocenters. The van der Waals surface area contributed by atoms with Gasteiger partial charge in [0.15, 0.2) is 5.78 Å². The molecule has 0 bridgehead atoms. The van der Waals surface area contributed by atoms with Crippen LogP contribution in [0.25, 0.3) is 0 Å². The molecule has 0 fully saturated rings. The fourth-order valence-electron chi connectivity index (χ4n) is 1.21. The molecule has 0 aromatic heterocycles. The minimum Gasteiger partial charge on any atom is -0.324 e. The number of nitrogens with two attached hydrogens (primary N) is 1. The predicted molar refractivity (Wildman–Crippen MR) is 57.0 cm³/mol. The van der Waals surface area contributed by atoms with Gasteiger partial charge in [0, 0.05) is 10.0 Å². The lowest BCUT2D eigenvalue weighted by Crippen LogP contribution is -2.15. The van der Waals surface area contributed by atoms with E-state index < -0.39 is 0 Å². The monoisotopic (exact) mass is 241 g/mol. The molecule has 0 aliphatic heterocycles. The molecule has 0 saturated carbocycles. The zero-order valence-corrected chi connectivity index (χ0v) is 9.31. The molecule has 1 aromatic rings. The number of Topliss-reactive ketones (excluding diaryl/α,β-unsaturated/α-hetero) is 1. The number of hydrogen-bond donors (Lipinski definition) is 1. The molecule has 2 N–H and O–H groups in total. The fraction of sp³-hybridized carbons (Fsp3) is 0.300. The van der Waals surface area contributed by atoms with Crippen LogP contribution >= 0.6 is 15.9 Å². The molecule has 0 unspecified atom stereocenters. The Kier molecular flexibility index (Phi) is 3.22. The molecule has 0 saturated heterocycles. The summed E-state index contributed by atoms with van der Waals surface area (Å²) >= 11 is 3.40. The van der Waals surface area contributed by atoms with Crippen molar-refractivity contribution in [1.82, 2.24) is 0 Å². The highest BCUT2D eigenvalue weighted by Crippen LogP contribution is 2.22. The first kappa shape index (κ1) is 10.4. The highest BCUT2D eigenvalue weighted by molar-refractivity contribution is 9.10. The molecule has 3 heteroatoms. The quantitative estimate of drug-likeness (QED) is 0.808. The lowest BCUT2D eigenvalue weighted by Gasteiger charge is -2.06. The van der Waals surface area contributed by atoms with Crippen molar-refractivity contribution >= 4 is 21.7 Å². The Morgan fingerprint density at radius 1 is 1.46 bits per heavy atom. The van der Waals surface area contributed by atoms with E-state index in [4.69, 9.17) is 5.73 Å². The minimum atomic E-state index is -0.0121. The second kappa shape index (κ2) is 4.03. The maximum absolute atomic E-state index is 11.4. The van der Waals surface area contributed by atoms with Gasteiger partial charge in [0.1, 0.15) is 0 Å². The van der Waals surface area contributed by atoms with E-state index in [-0.39, 0.29) is 12.3 Å². The lowest BCUT2D eigenvalue weighted by molar-refractivity contribution is 0.100. The van der Waals surface area contributed by atoms with Gasteiger partial charge in [-0.25, -0.2) is 0 Å². The number of carbonyl (C=O) groups is 1. The van der Waals surface area contributed by atoms with Crippen LogP contribution in [0.1, 0.15) is 21.5 Å². The fourth-order valence-corrected chi connectivity index (χ4v) is 1.79. The zero-order valence-electron chi connectivity index (χ0n) is 7.73. The Balaban J connectivity index is 3.28. The van der Waals surface area contributed by atoms with Gasteiger partial charge in [-0.2, -0.15) is 0 Å². The Morgan fingerprint density at radius 2 is 2.08 bits per heavy atom. The molecular formula is C10H12BrNO. The van der Waals surface area contributed by atoms with E-state index in [9.17, 15) is 4.79 Å². The van der Waals surface area contributed by atoms with Crippen LogP contribution in [0.2, 0.25) is 0 Å². The van der Waals surface area contributed by atoms with E-state index in [1.807, 2.05) is 26.0 Å². The topological polar surface area (TPSA) is 43.1 Å². The maximum Gasteiger partial charge on any atom is 0.176 e. The van der Waals surface area contributed by atoms with Crippen molar-refractivity contribution in [3.63, 3.8) is 0 Å². The number of hydrogen-bond acceptors (Lipinski definition) is 2. The van der Waals surface area contributed by atoms with Crippen molar-refractivity contribution in [2.24, 2.45) is 5.73 Å². The molecule has 0 spiro atoms. The summed E-state index contributed by atoms with van der Waals surface area (Å²) in [7, 11) is 0. The van der Waals surface area contributed by atoms with Crippen LogP contribution in [0, 0.1) is 13.8 Å². The number of carbonyl (C=O) groups excluding carboxylic acids is 1. The van der Waals surface area contributed by atoms with Gasteiger partial charge in [-0.1, -0.05) is 15.9 Å². The number of aryl methyl sites for hydroxylation is 1. The standard InChI is InChI=1S/C10H12BrNO/c1-6-3-8(10(13)5-12)7(2)9(11)4-6/h3-4H,5,12H2,1-2H3. The highest BCUT2D eigenvalue weighted by Gasteiger charge is 2.09. The summed E-state index contributed by atoms with van der Waals surface area (Å²) in [5.41, 5.74) is 8.05. The molecule has 13 heavy (non-hydrogen) atoms. The predicted octanol–water partition coefficient (Wildman–Crippen LogP) is 2.21. The van der Waals surface area contributed by atoms with E-state index in [0.717, 1.165) is 21.2 Å². The molecule has 0 aliphatic carbocycles. The van der Waals surface area contributed by atoms with Gasteiger partial charge < -0.3 is 5.73 Å². The zero-order chi connectivity index (χ0) is 10.0. The molecule has 0 amide bonds. The van der Waals surface area contributed by atoms with Crippen molar-refractivity contribution in [2.45, 2.75) is 13.8 Å². The van der Waals surface area contributed by atoms with E-state index >= 15 is 0 Å². The van der Waals surface area contributed by atoms with Crippen LogP contribution in [-0.4, -0.2) is 12.3 Å². The Morgan fingerprint density at radius 3 is 2.62 bits per heavy atom. The van der Waals surface area contributed by atoms with Crippen LogP contribution < -0.4 is 5.73 Å². The number of rotatable bonds is 2. The summed E-state index contributed by atoms with van der Waals surface area (Å²) < 4.78 is 0.962. The Labute approximate surface area is 86.3 Å². The van der Waals surface area contributed by atoms with Gasteiger partial charge >= 0.3 is 0 Å². The Bertz CT molecular complexity index is 347. The van der Waals surface area contributed by atoms with Crippen molar-refractivity contribution in [3.8, 4) is 0 Å². The van der Waals surface area contributed by atoms with Gasteiger partial charge in [0.25, 0.3) is 0 Å². The van der Waals surface area contributed by atoms with Crippen LogP contribution in [0.4, 0.5) is 0 Å². The molecule has 0 heterocycles. The summed E-state index contributed by atoms with van der Waals surface area (Å²) in [4.78, 5) is 11.4. The maximum atomic E-state index is 11.4. The van der Waals surface area contributed by atoms with Crippen LogP contribution in [0.3, 0.4) is 0 Å². The van der Waals surface area contributed by atoms with E-state index in [1.54, 1.807) is 0 Å². The van der Waals surface area contributed by atoms with Crippen molar-refractivity contribution < 1.29 is 4.79 Å². The van der Waals surface area contributed by atoms with Gasteiger partial charge in [-0.3, -0.25) is 4.79 Å². The third-order valence-electron chi connectivity index (χ3n) is 1.97. The second-order valence-corrected chi connectivity index (χ2v) is 3.90. The van der Waals surface area contributed by atoms with Crippen LogP contribution in [0.15, 0.2) is 16.6 Å². The van der Waals surface area contributed by atoms with Gasteiger partial charge in [0.05, 0.1) is 6.54 Å². The first-order valence-corrected chi connectivity index (χ1v) is 4.85. The second-order valence-electron chi connectivity index (χ2n) is 3.05. The first-order chi connectivity index (χ1) is 6.06. The highest BCUT2D eigenvalue weighted by atomic mass is 79.9. The third-order valence-corrected chi connectivity index (χ3v) is 2.80. The molecule has 1 rings (SSSR count). The number of ketones is 1. The van der Waals surface area contributed by atoms with Gasteiger partial charge in [-0.05, 0) is 37.1 Å². The molecular weight excluding hydrogens is 230 g/mol. The summed E-state index contributed by atoms with van der Waals surface area (Å²) in [5, 5.41) is 0. The number of halogens is 1. The van der Waals surface area contributed by atoms with Crippen molar-refractivity contribution in [2.75, 3.05) is 6.54 Å². The van der Waals surface area contributed by atoms with Crippen LogP contribution in [0.5, 0.6) is 0 Å². The summed E-state index contributed by atoms with van der Waals surface area (Å²) in [6, 6.07) is 3.86. The molecule has 1 aromatic carbocycles. The molecule has 0 aliphatic rings. The summed E-state index contributed by atoms with van der Waals surface area (Å²) in [6.07, 6.45) is 0. The largest absolute Gasteiger partial charge is 0.324 e. The normalized spacial score (nSPS) is 10.2. The smallest absolute Gasteiger partial charge is 0.176 e. The van der Waals surface area contributed by atoms with Gasteiger partial charge in [-0.15, -0.1) is 0 Å². The van der Waals surface area contributed by atoms with E-state index in [1.165, 1.54) is 0 Å². The van der Waals surface area contributed by atoms with Crippen LogP contribution in [-0.2, 0) is 0 Å². The summed E-state index contributed by atoms with van der Waals surface area (Å²) in [5.74, 6) is -0.0121. The lowest BCUT2D eigenvalue weighted by atomic mass is 10.0. The van der Waals surface area contributed by atoms with E-state index in [2.05, 4.69) is 15.9 Å². The third kappa shape index (κ3) is 2.17.